The number of aromatic hydroxyl groups is 1. The van der Waals surface area contributed by atoms with Gasteiger partial charge in [-0.25, -0.2) is 18.7 Å². The molecule has 5 rings (SSSR count). The van der Waals surface area contributed by atoms with Gasteiger partial charge in [-0.1, -0.05) is 24.3 Å². The Hall–Kier alpha value is -4.11. The number of aryl methyl sites for hydroxylation is 1. The van der Waals surface area contributed by atoms with E-state index in [4.69, 9.17) is 0 Å². The van der Waals surface area contributed by atoms with Crippen molar-refractivity contribution in [3.05, 3.63) is 83.4 Å². The highest BCUT2D eigenvalue weighted by atomic mass is 19.1. The number of amides is 1. The first-order valence-corrected chi connectivity index (χ1v) is 11.6. The number of phenolic OH excluding ortho intramolecular Hbond substituents is 1. The number of aromatic nitrogens is 2. The van der Waals surface area contributed by atoms with Gasteiger partial charge in [-0.05, 0) is 60.9 Å². The normalized spacial score (nSPS) is 16.3. The van der Waals surface area contributed by atoms with Crippen molar-refractivity contribution in [2.75, 3.05) is 18.0 Å². The molecule has 0 radical (unpaired) electrons. The molecule has 2 heterocycles. The summed E-state index contributed by atoms with van der Waals surface area (Å²) in [5.74, 6) is -1.28. The molecule has 2 unspecified atom stereocenters. The molecule has 1 amide bonds. The number of halogens is 2. The zero-order valence-electron chi connectivity index (χ0n) is 19.4. The Morgan fingerprint density at radius 3 is 2.64 bits per heavy atom. The SMILES string of the molecule is Cc1ccc2c(N3CCC(NC(=O)C(O)c4ccc(F)cc4)C3)nc(-c3c(O)cccc3F)nc2c1. The third kappa shape index (κ3) is 4.57. The number of phenols is 1. The number of rotatable bonds is 5. The van der Waals surface area contributed by atoms with Gasteiger partial charge in [0, 0.05) is 24.5 Å². The number of aliphatic hydroxyl groups excluding tert-OH is 1. The van der Waals surface area contributed by atoms with Gasteiger partial charge in [0.05, 0.1) is 11.1 Å². The van der Waals surface area contributed by atoms with Crippen LogP contribution >= 0.6 is 0 Å². The molecule has 2 atom stereocenters. The second kappa shape index (κ2) is 9.50. The van der Waals surface area contributed by atoms with Crippen molar-refractivity contribution in [2.24, 2.45) is 0 Å². The Kier molecular flexibility index (Phi) is 6.24. The lowest BCUT2D eigenvalue weighted by atomic mass is 10.1. The second-order valence-corrected chi connectivity index (χ2v) is 8.92. The topological polar surface area (TPSA) is 98.6 Å². The molecular formula is C27H24F2N4O3. The van der Waals surface area contributed by atoms with Gasteiger partial charge < -0.3 is 20.4 Å². The minimum Gasteiger partial charge on any atom is -0.507 e. The summed E-state index contributed by atoms with van der Waals surface area (Å²) in [5.41, 5.74) is 1.80. The van der Waals surface area contributed by atoms with Gasteiger partial charge in [-0.3, -0.25) is 4.79 Å². The molecular weight excluding hydrogens is 466 g/mol. The first kappa shape index (κ1) is 23.6. The summed E-state index contributed by atoms with van der Waals surface area (Å²) in [6.07, 6.45) is -0.822. The van der Waals surface area contributed by atoms with Crippen LogP contribution in [0.15, 0.2) is 60.7 Å². The largest absolute Gasteiger partial charge is 0.507 e. The highest BCUT2D eigenvalue weighted by Gasteiger charge is 2.29. The van der Waals surface area contributed by atoms with Crippen LogP contribution in [0.5, 0.6) is 5.75 Å². The van der Waals surface area contributed by atoms with Gasteiger partial charge in [0.1, 0.15) is 23.2 Å². The number of anilines is 1. The number of aliphatic hydroxyl groups is 1. The Morgan fingerprint density at radius 2 is 1.89 bits per heavy atom. The first-order chi connectivity index (χ1) is 17.3. The fourth-order valence-electron chi connectivity index (χ4n) is 4.46. The van der Waals surface area contributed by atoms with E-state index >= 15 is 0 Å². The summed E-state index contributed by atoms with van der Waals surface area (Å²) < 4.78 is 27.8. The van der Waals surface area contributed by atoms with Crippen LogP contribution in [0.2, 0.25) is 0 Å². The Labute approximate surface area is 206 Å². The van der Waals surface area contributed by atoms with Gasteiger partial charge in [0.2, 0.25) is 0 Å². The van der Waals surface area contributed by atoms with E-state index in [0.717, 1.165) is 10.9 Å². The van der Waals surface area contributed by atoms with Gasteiger partial charge in [0.25, 0.3) is 5.91 Å². The molecule has 9 heteroatoms. The van der Waals surface area contributed by atoms with Crippen LogP contribution in [0.3, 0.4) is 0 Å². The van der Waals surface area contributed by atoms with E-state index in [2.05, 4.69) is 15.3 Å². The minimum atomic E-state index is -1.42. The van der Waals surface area contributed by atoms with Crippen LogP contribution in [0.1, 0.15) is 23.7 Å². The van der Waals surface area contributed by atoms with E-state index in [1.165, 1.54) is 42.5 Å². The summed E-state index contributed by atoms with van der Waals surface area (Å²) >= 11 is 0. The van der Waals surface area contributed by atoms with Crippen LogP contribution in [-0.2, 0) is 4.79 Å². The number of benzene rings is 3. The molecule has 36 heavy (non-hydrogen) atoms. The van der Waals surface area contributed by atoms with E-state index < -0.39 is 23.6 Å². The molecule has 0 aliphatic carbocycles. The van der Waals surface area contributed by atoms with Crippen LogP contribution in [-0.4, -0.2) is 45.2 Å². The predicted octanol–water partition coefficient (Wildman–Crippen LogP) is 4.02. The summed E-state index contributed by atoms with van der Waals surface area (Å²) in [4.78, 5) is 23.7. The standard InChI is InChI=1S/C27H24F2N4O3/c1-15-5-10-19-21(13-15)31-25(23-20(29)3-2-4-22(23)34)32-26(19)33-12-11-18(14-33)30-27(36)24(35)16-6-8-17(28)9-7-16/h2-10,13,18,24,34-35H,11-12,14H2,1H3,(H,30,36). The number of carbonyl (C=O) groups excluding carboxylic acids is 1. The maximum atomic E-state index is 14.6. The molecule has 3 aromatic carbocycles. The summed E-state index contributed by atoms with van der Waals surface area (Å²) in [7, 11) is 0. The van der Waals surface area contributed by atoms with Crippen LogP contribution in [0.25, 0.3) is 22.3 Å². The Morgan fingerprint density at radius 1 is 1.11 bits per heavy atom. The number of nitrogens with zero attached hydrogens (tertiary/aromatic N) is 3. The molecule has 1 aromatic heterocycles. The molecule has 184 valence electrons. The fraction of sp³-hybridized carbons (Fsp3) is 0.222. The van der Waals surface area contributed by atoms with E-state index in [0.29, 0.717) is 36.4 Å². The number of hydrogen-bond acceptors (Lipinski definition) is 6. The smallest absolute Gasteiger partial charge is 0.253 e. The van der Waals surface area contributed by atoms with Crippen LogP contribution < -0.4 is 10.2 Å². The lowest BCUT2D eigenvalue weighted by Gasteiger charge is -2.21. The highest BCUT2D eigenvalue weighted by Crippen LogP contribution is 2.34. The van der Waals surface area contributed by atoms with Crippen molar-refractivity contribution in [1.82, 2.24) is 15.3 Å². The average molecular weight is 491 g/mol. The van der Waals surface area contributed by atoms with Crippen molar-refractivity contribution >= 4 is 22.6 Å². The zero-order chi connectivity index (χ0) is 25.4. The highest BCUT2D eigenvalue weighted by molar-refractivity contribution is 5.92. The fourth-order valence-corrected chi connectivity index (χ4v) is 4.46. The van der Waals surface area contributed by atoms with E-state index in [-0.39, 0.29) is 23.2 Å². The van der Waals surface area contributed by atoms with Crippen molar-refractivity contribution in [3.8, 4) is 17.1 Å². The predicted molar refractivity (Wildman–Crippen MR) is 131 cm³/mol. The number of nitrogens with one attached hydrogen (secondary N) is 1. The van der Waals surface area contributed by atoms with E-state index in [1.807, 2.05) is 30.0 Å². The molecule has 0 spiro atoms. The summed E-state index contributed by atoms with van der Waals surface area (Å²) in [6.45, 7) is 2.89. The minimum absolute atomic E-state index is 0.0675. The monoisotopic (exact) mass is 490 g/mol. The molecule has 4 aromatic rings. The van der Waals surface area contributed by atoms with E-state index in [1.54, 1.807) is 0 Å². The zero-order valence-corrected chi connectivity index (χ0v) is 19.4. The molecule has 7 nitrogen and oxygen atoms in total. The lowest BCUT2D eigenvalue weighted by molar-refractivity contribution is -0.130. The molecule has 0 bridgehead atoms. The maximum absolute atomic E-state index is 14.6. The lowest BCUT2D eigenvalue weighted by Crippen LogP contribution is -2.40. The Balaban J connectivity index is 1.42. The van der Waals surface area contributed by atoms with Crippen LogP contribution in [0, 0.1) is 18.6 Å². The summed E-state index contributed by atoms with van der Waals surface area (Å²) in [5, 5.41) is 24.3. The van der Waals surface area contributed by atoms with Gasteiger partial charge in [-0.15, -0.1) is 0 Å². The molecule has 1 aliphatic heterocycles. The maximum Gasteiger partial charge on any atom is 0.253 e. The number of carbonyl (C=O) groups is 1. The van der Waals surface area contributed by atoms with Crippen molar-refractivity contribution in [3.63, 3.8) is 0 Å². The second-order valence-electron chi connectivity index (χ2n) is 8.92. The first-order valence-electron chi connectivity index (χ1n) is 11.6. The summed E-state index contributed by atoms with van der Waals surface area (Å²) in [6, 6.07) is 14.6. The molecule has 1 fully saturated rings. The van der Waals surface area contributed by atoms with Crippen molar-refractivity contribution < 1.29 is 23.8 Å². The molecule has 1 saturated heterocycles. The van der Waals surface area contributed by atoms with Crippen molar-refractivity contribution in [1.29, 1.82) is 0 Å². The van der Waals surface area contributed by atoms with Crippen molar-refractivity contribution in [2.45, 2.75) is 25.5 Å². The van der Waals surface area contributed by atoms with E-state index in [9.17, 15) is 23.8 Å². The Bertz CT molecular complexity index is 1430. The molecule has 0 saturated carbocycles. The van der Waals surface area contributed by atoms with Crippen LogP contribution in [0.4, 0.5) is 14.6 Å². The molecule has 3 N–H and O–H groups in total. The number of hydrogen-bond donors (Lipinski definition) is 3. The third-order valence-electron chi connectivity index (χ3n) is 6.32. The van der Waals surface area contributed by atoms with Gasteiger partial charge in [0.15, 0.2) is 11.9 Å². The van der Waals surface area contributed by atoms with Gasteiger partial charge >= 0.3 is 0 Å². The third-order valence-corrected chi connectivity index (χ3v) is 6.32. The average Bonchev–Trinajstić information content (AvgIpc) is 3.31. The quantitative estimate of drug-likeness (QED) is 0.391. The number of fused-ring (bicyclic) bond motifs is 1. The molecule has 1 aliphatic rings. The van der Waals surface area contributed by atoms with Gasteiger partial charge in [-0.2, -0.15) is 0 Å².